The number of piperidine rings is 1. The first-order chi connectivity index (χ1) is 13.3. The molecule has 2 aromatic heterocycles. The molecule has 0 bridgehead atoms. The zero-order valence-electron chi connectivity index (χ0n) is 15.9. The van der Waals surface area contributed by atoms with Crippen LogP contribution < -0.4 is 5.56 Å². The van der Waals surface area contributed by atoms with Crippen molar-refractivity contribution in [3.05, 3.63) is 39.3 Å². The summed E-state index contributed by atoms with van der Waals surface area (Å²) in [4.78, 5) is 14.9. The number of hydrogen-bond donors (Lipinski definition) is 0. The van der Waals surface area contributed by atoms with E-state index in [0.717, 1.165) is 82.2 Å². The minimum atomic E-state index is 0.0807. The summed E-state index contributed by atoms with van der Waals surface area (Å²) in [5.74, 6) is 2.81. The zero-order chi connectivity index (χ0) is 18.2. The van der Waals surface area contributed by atoms with Gasteiger partial charge in [-0.15, -0.1) is 10.2 Å². The van der Waals surface area contributed by atoms with E-state index in [2.05, 4.69) is 19.7 Å². The average Bonchev–Trinajstić information content (AvgIpc) is 3.29. The highest BCUT2D eigenvalue weighted by molar-refractivity contribution is 5.20. The molecule has 1 aliphatic carbocycles. The highest BCUT2D eigenvalue weighted by atomic mass is 16.1. The van der Waals surface area contributed by atoms with Gasteiger partial charge in [-0.25, -0.2) is 4.68 Å². The molecule has 7 nitrogen and oxygen atoms in total. The van der Waals surface area contributed by atoms with Crippen molar-refractivity contribution in [2.45, 2.75) is 71.0 Å². The van der Waals surface area contributed by atoms with E-state index in [-0.39, 0.29) is 5.56 Å². The second-order valence-electron chi connectivity index (χ2n) is 8.35. The Morgan fingerprint density at radius 3 is 2.74 bits per heavy atom. The molecular formula is C20H28N6O. The van der Waals surface area contributed by atoms with Crippen LogP contribution in [0, 0.1) is 5.92 Å². The third-order valence-corrected chi connectivity index (χ3v) is 6.46. The smallest absolute Gasteiger partial charge is 0.267 e. The van der Waals surface area contributed by atoms with Crippen LogP contribution in [0.2, 0.25) is 0 Å². The van der Waals surface area contributed by atoms with Crippen LogP contribution in [-0.4, -0.2) is 42.5 Å². The standard InChI is InChI=1S/C20H28N6O/c27-20-12-16-4-1-2-5-17(16)23-26(20)13-15-7-10-24(11-8-15)14-19-22-21-18-6-3-9-25(18)19/h12,15H,1-11,13-14H2. The van der Waals surface area contributed by atoms with Gasteiger partial charge in [-0.1, -0.05) is 0 Å². The van der Waals surface area contributed by atoms with Crippen molar-refractivity contribution in [1.82, 2.24) is 29.4 Å². The van der Waals surface area contributed by atoms with Gasteiger partial charge >= 0.3 is 0 Å². The summed E-state index contributed by atoms with van der Waals surface area (Å²) in [6, 6.07) is 1.84. The average molecular weight is 368 g/mol. The number of aromatic nitrogens is 5. The van der Waals surface area contributed by atoms with Crippen LogP contribution >= 0.6 is 0 Å². The zero-order valence-corrected chi connectivity index (χ0v) is 15.9. The quantitative estimate of drug-likeness (QED) is 0.819. The molecule has 3 aliphatic rings. The molecule has 0 amide bonds. The summed E-state index contributed by atoms with van der Waals surface area (Å²) in [5, 5.41) is 13.4. The van der Waals surface area contributed by atoms with E-state index >= 15 is 0 Å². The van der Waals surface area contributed by atoms with Crippen molar-refractivity contribution in [1.29, 1.82) is 0 Å². The van der Waals surface area contributed by atoms with Crippen LogP contribution in [0.5, 0.6) is 0 Å². The van der Waals surface area contributed by atoms with Crippen LogP contribution in [0.4, 0.5) is 0 Å². The topological polar surface area (TPSA) is 68.8 Å². The molecule has 0 saturated carbocycles. The van der Waals surface area contributed by atoms with Crippen LogP contribution in [0.15, 0.2) is 10.9 Å². The first kappa shape index (κ1) is 17.1. The van der Waals surface area contributed by atoms with Gasteiger partial charge in [-0.05, 0) is 69.5 Å². The summed E-state index contributed by atoms with van der Waals surface area (Å²) < 4.78 is 4.03. The van der Waals surface area contributed by atoms with Crippen molar-refractivity contribution < 1.29 is 0 Å². The van der Waals surface area contributed by atoms with Crippen LogP contribution in [0.25, 0.3) is 0 Å². The molecule has 1 saturated heterocycles. The van der Waals surface area contributed by atoms with Gasteiger partial charge in [-0.2, -0.15) is 5.10 Å². The summed E-state index contributed by atoms with van der Waals surface area (Å²) in [6.45, 7) is 4.86. The normalized spacial score (nSPS) is 20.6. The Balaban J connectivity index is 1.19. The summed E-state index contributed by atoms with van der Waals surface area (Å²) in [5.41, 5.74) is 2.41. The Morgan fingerprint density at radius 2 is 1.85 bits per heavy atom. The number of hydrogen-bond acceptors (Lipinski definition) is 5. The van der Waals surface area contributed by atoms with Gasteiger partial charge in [0, 0.05) is 25.6 Å². The number of fused-ring (bicyclic) bond motifs is 2. The molecule has 5 rings (SSSR count). The first-order valence-electron chi connectivity index (χ1n) is 10.5. The highest BCUT2D eigenvalue weighted by Gasteiger charge is 2.24. The third-order valence-electron chi connectivity index (χ3n) is 6.46. The Hall–Kier alpha value is -2.02. The van der Waals surface area contributed by atoms with Gasteiger partial charge in [0.2, 0.25) is 0 Å². The predicted molar refractivity (Wildman–Crippen MR) is 101 cm³/mol. The van der Waals surface area contributed by atoms with Crippen molar-refractivity contribution in [2.75, 3.05) is 13.1 Å². The van der Waals surface area contributed by atoms with E-state index in [4.69, 9.17) is 5.10 Å². The van der Waals surface area contributed by atoms with Crippen LogP contribution in [0.3, 0.4) is 0 Å². The maximum Gasteiger partial charge on any atom is 0.267 e. The van der Waals surface area contributed by atoms with Gasteiger partial charge < -0.3 is 4.57 Å². The maximum absolute atomic E-state index is 12.4. The summed E-state index contributed by atoms with van der Waals surface area (Å²) in [7, 11) is 0. The molecule has 0 unspecified atom stereocenters. The molecule has 0 atom stereocenters. The van der Waals surface area contributed by atoms with Crippen LogP contribution in [-0.2, 0) is 38.9 Å². The molecule has 144 valence electrons. The number of rotatable bonds is 4. The lowest BCUT2D eigenvalue weighted by molar-refractivity contribution is 0.158. The second kappa shape index (κ2) is 7.19. The lowest BCUT2D eigenvalue weighted by atomic mass is 9.96. The minimum absolute atomic E-state index is 0.0807. The van der Waals surface area contributed by atoms with E-state index in [1.165, 1.54) is 24.8 Å². The van der Waals surface area contributed by atoms with Crippen molar-refractivity contribution in [3.8, 4) is 0 Å². The monoisotopic (exact) mass is 368 g/mol. The van der Waals surface area contributed by atoms with Crippen molar-refractivity contribution in [2.24, 2.45) is 5.92 Å². The Morgan fingerprint density at radius 1 is 1.00 bits per heavy atom. The molecule has 0 radical (unpaired) electrons. The van der Waals surface area contributed by atoms with Gasteiger partial charge in [0.05, 0.1) is 12.2 Å². The molecule has 4 heterocycles. The first-order valence-corrected chi connectivity index (χ1v) is 10.5. The molecule has 7 heteroatoms. The molecule has 2 aromatic rings. The third kappa shape index (κ3) is 3.45. The van der Waals surface area contributed by atoms with Gasteiger partial charge in [-0.3, -0.25) is 9.69 Å². The fourth-order valence-electron chi connectivity index (χ4n) is 4.83. The van der Waals surface area contributed by atoms with Gasteiger partial charge in [0.15, 0.2) is 0 Å². The van der Waals surface area contributed by atoms with E-state index in [0.29, 0.717) is 5.92 Å². The second-order valence-corrected chi connectivity index (χ2v) is 8.35. The Kier molecular flexibility index (Phi) is 4.55. The van der Waals surface area contributed by atoms with E-state index in [1.807, 2.05) is 6.07 Å². The van der Waals surface area contributed by atoms with E-state index in [1.54, 1.807) is 4.68 Å². The van der Waals surface area contributed by atoms with Crippen LogP contribution in [0.1, 0.15) is 55.0 Å². The number of aryl methyl sites for hydroxylation is 3. The fourth-order valence-corrected chi connectivity index (χ4v) is 4.83. The molecule has 0 N–H and O–H groups in total. The Labute approximate surface area is 159 Å². The lowest BCUT2D eigenvalue weighted by Gasteiger charge is -2.31. The van der Waals surface area contributed by atoms with Gasteiger partial charge in [0.1, 0.15) is 11.6 Å². The minimum Gasteiger partial charge on any atom is -0.314 e. The molecule has 0 aromatic carbocycles. The summed E-state index contributed by atoms with van der Waals surface area (Å²) in [6.07, 6.45) is 8.92. The van der Waals surface area contributed by atoms with Crippen molar-refractivity contribution >= 4 is 0 Å². The molecule has 2 aliphatic heterocycles. The molecular weight excluding hydrogens is 340 g/mol. The van der Waals surface area contributed by atoms with Gasteiger partial charge in [0.25, 0.3) is 5.56 Å². The summed E-state index contributed by atoms with van der Waals surface area (Å²) >= 11 is 0. The lowest BCUT2D eigenvalue weighted by Crippen LogP contribution is -2.37. The van der Waals surface area contributed by atoms with E-state index in [9.17, 15) is 4.79 Å². The number of nitrogens with zero attached hydrogens (tertiary/aromatic N) is 6. The van der Waals surface area contributed by atoms with E-state index < -0.39 is 0 Å². The SMILES string of the molecule is O=c1cc2c(nn1CC1CCN(Cc3nnc4n3CCC4)CC1)CCCC2. The molecule has 1 fully saturated rings. The van der Waals surface area contributed by atoms with Crippen molar-refractivity contribution in [3.63, 3.8) is 0 Å². The molecule has 0 spiro atoms. The Bertz CT molecular complexity index is 877. The number of likely N-dealkylation sites (tertiary alicyclic amines) is 1. The largest absolute Gasteiger partial charge is 0.314 e. The molecule has 27 heavy (non-hydrogen) atoms. The fraction of sp³-hybridized carbons (Fsp3) is 0.700. The predicted octanol–water partition coefficient (Wildman–Crippen LogP) is 1.57. The highest BCUT2D eigenvalue weighted by Crippen LogP contribution is 2.22. The maximum atomic E-state index is 12.4.